The van der Waals surface area contributed by atoms with Crippen LogP contribution in [0.1, 0.15) is 35.6 Å². The highest BCUT2D eigenvalue weighted by Gasteiger charge is 2.25. The van der Waals surface area contributed by atoms with E-state index in [2.05, 4.69) is 29.1 Å². The van der Waals surface area contributed by atoms with Crippen molar-refractivity contribution in [2.75, 3.05) is 5.32 Å². The van der Waals surface area contributed by atoms with Crippen LogP contribution in [-0.2, 0) is 11.2 Å². The Morgan fingerprint density at radius 3 is 3.00 bits per heavy atom. The molecule has 1 atom stereocenters. The molecule has 0 bridgehead atoms. The third kappa shape index (κ3) is 2.54. The molecular weight excluding hydrogens is 281 g/mol. The highest BCUT2D eigenvalue weighted by atomic mass is 19.1. The second kappa shape index (κ2) is 5.75. The van der Waals surface area contributed by atoms with Gasteiger partial charge in [0.1, 0.15) is 5.82 Å². The van der Waals surface area contributed by atoms with E-state index in [4.69, 9.17) is 0 Å². The minimum atomic E-state index is -1.00. The van der Waals surface area contributed by atoms with E-state index in [1.165, 1.54) is 11.1 Å². The summed E-state index contributed by atoms with van der Waals surface area (Å²) in [5.41, 5.74) is 3.32. The molecule has 0 radical (unpaired) electrons. The van der Waals surface area contributed by atoms with E-state index in [1.54, 1.807) is 10.9 Å². The zero-order chi connectivity index (χ0) is 15.7. The predicted molar refractivity (Wildman–Crippen MR) is 83.4 cm³/mol. The fraction of sp³-hybridized carbons (Fsp3) is 0.294. The van der Waals surface area contributed by atoms with Crippen LogP contribution >= 0.6 is 0 Å². The van der Waals surface area contributed by atoms with Crippen molar-refractivity contribution in [1.29, 1.82) is 0 Å². The first kappa shape index (κ1) is 14.5. The molecule has 1 aliphatic rings. The molecule has 1 heterocycles. The molecule has 0 spiro atoms. The van der Waals surface area contributed by atoms with Crippen molar-refractivity contribution >= 4 is 11.7 Å². The third-order valence-corrected chi connectivity index (χ3v) is 4.09. The molecule has 1 aromatic heterocycles. The van der Waals surface area contributed by atoms with Crippen molar-refractivity contribution in [2.45, 2.75) is 32.2 Å². The summed E-state index contributed by atoms with van der Waals surface area (Å²) in [7, 11) is 0. The zero-order valence-corrected chi connectivity index (χ0v) is 12.5. The van der Waals surface area contributed by atoms with Gasteiger partial charge in [0, 0.05) is 5.56 Å². The SMILES string of the molecule is C=C(F)C(=O)Nc1c(C)cnn1C1CCCc2ccccc21. The highest BCUT2D eigenvalue weighted by molar-refractivity contribution is 6.01. The number of aryl methyl sites for hydroxylation is 2. The summed E-state index contributed by atoms with van der Waals surface area (Å²) in [6.07, 6.45) is 4.74. The van der Waals surface area contributed by atoms with Gasteiger partial charge in [-0.25, -0.2) is 9.07 Å². The van der Waals surface area contributed by atoms with Crippen LogP contribution < -0.4 is 5.32 Å². The molecule has 1 aliphatic carbocycles. The van der Waals surface area contributed by atoms with Crippen LogP contribution in [0.4, 0.5) is 10.2 Å². The standard InChI is InChI=1S/C17H18FN3O/c1-11-10-19-21(16(11)20-17(22)12(2)18)15-9-5-7-13-6-3-4-8-14(13)15/h3-4,6,8,10,15H,2,5,7,9H2,1H3,(H,20,22). The molecule has 0 fully saturated rings. The Balaban J connectivity index is 2.00. The number of anilines is 1. The maximum Gasteiger partial charge on any atom is 0.284 e. The first-order chi connectivity index (χ1) is 10.6. The lowest BCUT2D eigenvalue weighted by molar-refractivity contribution is -0.114. The first-order valence-corrected chi connectivity index (χ1v) is 7.35. The molecule has 1 unspecified atom stereocenters. The number of nitrogens with zero attached hydrogens (tertiary/aromatic N) is 2. The Bertz CT molecular complexity index is 735. The highest BCUT2D eigenvalue weighted by Crippen LogP contribution is 2.35. The molecule has 22 heavy (non-hydrogen) atoms. The number of amides is 1. The van der Waals surface area contributed by atoms with Crippen LogP contribution in [0.5, 0.6) is 0 Å². The lowest BCUT2D eigenvalue weighted by Crippen LogP contribution is -2.22. The van der Waals surface area contributed by atoms with Gasteiger partial charge < -0.3 is 5.32 Å². The molecule has 0 aliphatic heterocycles. The van der Waals surface area contributed by atoms with E-state index >= 15 is 0 Å². The van der Waals surface area contributed by atoms with Crippen LogP contribution in [0.3, 0.4) is 0 Å². The van der Waals surface area contributed by atoms with Crippen molar-refractivity contribution in [3.63, 3.8) is 0 Å². The summed E-state index contributed by atoms with van der Waals surface area (Å²) < 4.78 is 14.8. The average Bonchev–Trinajstić information content (AvgIpc) is 2.87. The molecule has 1 aromatic carbocycles. The number of carbonyl (C=O) groups is 1. The molecular formula is C17H18FN3O. The summed E-state index contributed by atoms with van der Waals surface area (Å²) in [5, 5.41) is 6.97. The average molecular weight is 299 g/mol. The van der Waals surface area contributed by atoms with Crippen molar-refractivity contribution in [3.8, 4) is 0 Å². The van der Waals surface area contributed by atoms with Crippen LogP contribution in [0, 0.1) is 6.92 Å². The van der Waals surface area contributed by atoms with Crippen molar-refractivity contribution in [1.82, 2.24) is 9.78 Å². The largest absolute Gasteiger partial charge is 0.305 e. The molecule has 2 aromatic rings. The van der Waals surface area contributed by atoms with E-state index < -0.39 is 11.7 Å². The van der Waals surface area contributed by atoms with Gasteiger partial charge in [-0.1, -0.05) is 30.8 Å². The van der Waals surface area contributed by atoms with Gasteiger partial charge in [-0.05, 0) is 37.3 Å². The van der Waals surface area contributed by atoms with E-state index in [1.807, 2.05) is 19.1 Å². The molecule has 114 valence electrons. The van der Waals surface area contributed by atoms with E-state index in [-0.39, 0.29) is 6.04 Å². The van der Waals surface area contributed by atoms with Crippen LogP contribution in [-0.4, -0.2) is 15.7 Å². The molecule has 0 saturated heterocycles. The number of aromatic nitrogens is 2. The fourth-order valence-corrected chi connectivity index (χ4v) is 3.00. The number of hydrogen-bond donors (Lipinski definition) is 1. The summed E-state index contributed by atoms with van der Waals surface area (Å²) in [6.45, 7) is 4.88. The maximum absolute atomic E-state index is 13.0. The van der Waals surface area contributed by atoms with Crippen LogP contribution in [0.25, 0.3) is 0 Å². The number of halogens is 1. The summed E-state index contributed by atoms with van der Waals surface area (Å²) in [6, 6.07) is 8.32. The van der Waals surface area contributed by atoms with E-state index in [9.17, 15) is 9.18 Å². The molecule has 5 heteroatoms. The smallest absolute Gasteiger partial charge is 0.284 e. The van der Waals surface area contributed by atoms with E-state index in [0.717, 1.165) is 24.8 Å². The van der Waals surface area contributed by atoms with Gasteiger partial charge in [0.2, 0.25) is 0 Å². The predicted octanol–water partition coefficient (Wildman–Crippen LogP) is 3.54. The quantitative estimate of drug-likeness (QED) is 0.881. The monoisotopic (exact) mass is 299 g/mol. The molecule has 1 N–H and O–H groups in total. The minimum absolute atomic E-state index is 0.0572. The fourth-order valence-electron chi connectivity index (χ4n) is 3.00. The Hall–Kier alpha value is -2.43. The lowest BCUT2D eigenvalue weighted by atomic mass is 9.88. The van der Waals surface area contributed by atoms with Gasteiger partial charge in [0.05, 0.1) is 12.2 Å². The van der Waals surface area contributed by atoms with Gasteiger partial charge in [-0.15, -0.1) is 0 Å². The number of nitrogens with one attached hydrogen (secondary N) is 1. The lowest BCUT2D eigenvalue weighted by Gasteiger charge is -2.27. The Labute approximate surface area is 128 Å². The summed E-state index contributed by atoms with van der Waals surface area (Å²) in [4.78, 5) is 11.6. The number of rotatable bonds is 3. The molecule has 3 rings (SSSR count). The van der Waals surface area contributed by atoms with Gasteiger partial charge >= 0.3 is 0 Å². The summed E-state index contributed by atoms with van der Waals surface area (Å²) >= 11 is 0. The van der Waals surface area contributed by atoms with Gasteiger partial charge in [-0.3, -0.25) is 4.79 Å². The number of benzene rings is 1. The second-order valence-electron chi connectivity index (χ2n) is 5.59. The van der Waals surface area contributed by atoms with Gasteiger partial charge in [0.15, 0.2) is 5.83 Å². The van der Waals surface area contributed by atoms with Crippen molar-refractivity contribution < 1.29 is 9.18 Å². The van der Waals surface area contributed by atoms with Crippen LogP contribution in [0.15, 0.2) is 42.9 Å². The summed E-state index contributed by atoms with van der Waals surface area (Å²) in [5.74, 6) is -1.30. The normalized spacial score (nSPS) is 16.9. The Kier molecular flexibility index (Phi) is 3.79. The van der Waals surface area contributed by atoms with Crippen molar-refractivity contribution in [3.05, 3.63) is 59.6 Å². The maximum atomic E-state index is 13.0. The second-order valence-corrected chi connectivity index (χ2v) is 5.59. The number of hydrogen-bond acceptors (Lipinski definition) is 2. The van der Waals surface area contributed by atoms with Gasteiger partial charge in [-0.2, -0.15) is 5.10 Å². The number of fused-ring (bicyclic) bond motifs is 1. The Morgan fingerprint density at radius 1 is 1.45 bits per heavy atom. The molecule has 1 amide bonds. The molecule has 4 nitrogen and oxygen atoms in total. The van der Waals surface area contributed by atoms with Gasteiger partial charge in [0.25, 0.3) is 5.91 Å². The van der Waals surface area contributed by atoms with E-state index in [0.29, 0.717) is 5.82 Å². The third-order valence-electron chi connectivity index (χ3n) is 4.09. The van der Waals surface area contributed by atoms with Crippen molar-refractivity contribution in [2.24, 2.45) is 0 Å². The topological polar surface area (TPSA) is 46.9 Å². The zero-order valence-electron chi connectivity index (χ0n) is 12.5. The van der Waals surface area contributed by atoms with Crippen LogP contribution in [0.2, 0.25) is 0 Å². The minimum Gasteiger partial charge on any atom is -0.305 e. The Morgan fingerprint density at radius 2 is 2.23 bits per heavy atom. The molecule has 0 saturated carbocycles. The number of carbonyl (C=O) groups excluding carboxylic acids is 1. The first-order valence-electron chi connectivity index (χ1n) is 7.35.